The molecule has 2 nitrogen and oxygen atoms in total. The second-order valence-electron chi connectivity index (χ2n) is 2.96. The zero-order valence-corrected chi connectivity index (χ0v) is 8.29. The van der Waals surface area contributed by atoms with Gasteiger partial charge in [-0.05, 0) is 18.2 Å². The molecule has 2 N–H and O–H groups in total. The summed E-state index contributed by atoms with van der Waals surface area (Å²) in [5, 5.41) is 0.678. The quantitative estimate of drug-likeness (QED) is 0.822. The van der Waals surface area contributed by atoms with Crippen molar-refractivity contribution in [2.75, 3.05) is 0 Å². The number of furan rings is 1. The molecule has 0 bridgehead atoms. The minimum absolute atomic E-state index is 0.455. The summed E-state index contributed by atoms with van der Waals surface area (Å²) in [5.41, 5.74) is 7.44. The average molecular weight is 208 g/mol. The van der Waals surface area contributed by atoms with Gasteiger partial charge >= 0.3 is 0 Å². The Hall–Kier alpha value is -1.25. The summed E-state index contributed by atoms with van der Waals surface area (Å²) < 4.78 is 5.36. The summed E-state index contributed by atoms with van der Waals surface area (Å²) in [6, 6.07) is 9.42. The molecule has 3 heteroatoms. The van der Waals surface area contributed by atoms with Crippen molar-refractivity contribution < 1.29 is 4.42 Å². The van der Waals surface area contributed by atoms with Crippen molar-refractivity contribution in [2.24, 2.45) is 5.73 Å². The lowest BCUT2D eigenvalue weighted by Gasteiger charge is -2.02. The first-order chi connectivity index (χ1) is 6.83. The molecule has 0 saturated carbocycles. The Morgan fingerprint density at radius 1 is 1.21 bits per heavy atom. The van der Waals surface area contributed by atoms with Gasteiger partial charge in [-0.2, -0.15) is 0 Å². The maximum Gasteiger partial charge on any atom is 0.139 e. The first kappa shape index (κ1) is 9.31. The fraction of sp³-hybridized carbons (Fsp3) is 0.0909. The molecule has 2 aromatic rings. The van der Waals surface area contributed by atoms with E-state index >= 15 is 0 Å². The van der Waals surface area contributed by atoms with Crippen LogP contribution in [0.25, 0.3) is 11.3 Å². The van der Waals surface area contributed by atoms with Gasteiger partial charge in [-0.25, -0.2) is 0 Å². The maximum absolute atomic E-state index is 6.04. The third-order valence-corrected chi connectivity index (χ3v) is 2.41. The smallest absolute Gasteiger partial charge is 0.139 e. The van der Waals surface area contributed by atoms with E-state index in [0.717, 1.165) is 16.9 Å². The van der Waals surface area contributed by atoms with E-state index in [1.165, 1.54) is 0 Å². The van der Waals surface area contributed by atoms with Gasteiger partial charge in [0.25, 0.3) is 0 Å². The van der Waals surface area contributed by atoms with Crippen molar-refractivity contribution >= 4 is 11.6 Å². The number of hydrogen-bond donors (Lipinski definition) is 1. The monoisotopic (exact) mass is 207 g/mol. The van der Waals surface area contributed by atoms with E-state index < -0.39 is 0 Å². The van der Waals surface area contributed by atoms with Crippen LogP contribution < -0.4 is 5.73 Å². The normalized spacial score (nSPS) is 10.4. The highest BCUT2D eigenvalue weighted by molar-refractivity contribution is 6.33. The summed E-state index contributed by atoms with van der Waals surface area (Å²) >= 11 is 6.04. The standard InChI is InChI=1S/C11H10ClNO/c12-10-4-2-1-3-9(10)11-8(7-13)5-6-14-11/h1-6H,7,13H2. The van der Waals surface area contributed by atoms with Crippen LogP contribution in [0.15, 0.2) is 41.0 Å². The lowest BCUT2D eigenvalue weighted by molar-refractivity contribution is 0.579. The largest absolute Gasteiger partial charge is 0.464 e. The summed E-state index contributed by atoms with van der Waals surface area (Å²) in [6.45, 7) is 0.455. The van der Waals surface area contributed by atoms with Crippen molar-refractivity contribution in [2.45, 2.75) is 6.54 Å². The number of rotatable bonds is 2. The minimum Gasteiger partial charge on any atom is -0.464 e. The third-order valence-electron chi connectivity index (χ3n) is 2.09. The summed E-state index contributed by atoms with van der Waals surface area (Å²) in [6.07, 6.45) is 1.63. The molecule has 0 radical (unpaired) electrons. The highest BCUT2D eigenvalue weighted by Crippen LogP contribution is 2.30. The third kappa shape index (κ3) is 1.54. The van der Waals surface area contributed by atoms with Crippen LogP contribution >= 0.6 is 11.6 Å². The lowest BCUT2D eigenvalue weighted by atomic mass is 10.1. The molecular formula is C11H10ClNO. The SMILES string of the molecule is NCc1ccoc1-c1ccccc1Cl. The van der Waals surface area contributed by atoms with Gasteiger partial charge in [-0.1, -0.05) is 23.7 Å². The molecule has 1 aromatic carbocycles. The molecule has 0 aliphatic carbocycles. The van der Waals surface area contributed by atoms with E-state index in [0.29, 0.717) is 11.6 Å². The second kappa shape index (κ2) is 3.86. The first-order valence-electron chi connectivity index (χ1n) is 4.34. The Morgan fingerprint density at radius 2 is 2.00 bits per heavy atom. The predicted molar refractivity (Wildman–Crippen MR) is 57.0 cm³/mol. The zero-order valence-electron chi connectivity index (χ0n) is 7.53. The van der Waals surface area contributed by atoms with Gasteiger partial charge < -0.3 is 10.2 Å². The molecule has 0 fully saturated rings. The van der Waals surface area contributed by atoms with Crippen LogP contribution in [0.5, 0.6) is 0 Å². The van der Waals surface area contributed by atoms with E-state index in [1.54, 1.807) is 6.26 Å². The molecule has 0 amide bonds. The van der Waals surface area contributed by atoms with Gasteiger partial charge in [0.05, 0.1) is 11.3 Å². The highest BCUT2D eigenvalue weighted by Gasteiger charge is 2.09. The molecule has 0 saturated heterocycles. The van der Waals surface area contributed by atoms with E-state index in [1.807, 2.05) is 30.3 Å². The molecule has 0 unspecified atom stereocenters. The Bertz CT molecular complexity index is 436. The first-order valence-corrected chi connectivity index (χ1v) is 4.72. The van der Waals surface area contributed by atoms with Crippen molar-refractivity contribution in [1.29, 1.82) is 0 Å². The molecule has 2 rings (SSSR count). The minimum atomic E-state index is 0.455. The van der Waals surface area contributed by atoms with Crippen LogP contribution in [-0.4, -0.2) is 0 Å². The average Bonchev–Trinajstić information content (AvgIpc) is 2.66. The Labute approximate surface area is 87.3 Å². The molecule has 0 spiro atoms. The molecule has 72 valence electrons. The van der Waals surface area contributed by atoms with Gasteiger partial charge in [0.15, 0.2) is 0 Å². The molecular weight excluding hydrogens is 198 g/mol. The molecule has 1 heterocycles. The van der Waals surface area contributed by atoms with Gasteiger partial charge in [-0.15, -0.1) is 0 Å². The number of nitrogens with two attached hydrogens (primary N) is 1. The van der Waals surface area contributed by atoms with Crippen LogP contribution in [0, 0.1) is 0 Å². The lowest BCUT2D eigenvalue weighted by Crippen LogP contribution is -1.95. The summed E-state index contributed by atoms with van der Waals surface area (Å²) in [4.78, 5) is 0. The molecule has 0 aliphatic heterocycles. The van der Waals surface area contributed by atoms with Crippen molar-refractivity contribution in [3.63, 3.8) is 0 Å². The van der Waals surface area contributed by atoms with Gasteiger partial charge in [0.2, 0.25) is 0 Å². The van der Waals surface area contributed by atoms with E-state index in [2.05, 4.69) is 0 Å². The van der Waals surface area contributed by atoms with Crippen LogP contribution in [-0.2, 0) is 6.54 Å². The fourth-order valence-electron chi connectivity index (χ4n) is 1.38. The van der Waals surface area contributed by atoms with Crippen LogP contribution in [0.1, 0.15) is 5.56 Å². The van der Waals surface area contributed by atoms with Crippen LogP contribution in [0.4, 0.5) is 0 Å². The zero-order chi connectivity index (χ0) is 9.97. The fourth-order valence-corrected chi connectivity index (χ4v) is 1.60. The Kier molecular flexibility index (Phi) is 2.57. The molecule has 1 aromatic heterocycles. The maximum atomic E-state index is 6.04. The van der Waals surface area contributed by atoms with Crippen molar-refractivity contribution in [3.05, 3.63) is 47.2 Å². The predicted octanol–water partition coefficient (Wildman–Crippen LogP) is 3.06. The van der Waals surface area contributed by atoms with E-state index in [9.17, 15) is 0 Å². The van der Waals surface area contributed by atoms with Crippen molar-refractivity contribution in [1.82, 2.24) is 0 Å². The number of halogens is 1. The highest BCUT2D eigenvalue weighted by atomic mass is 35.5. The van der Waals surface area contributed by atoms with Crippen LogP contribution in [0.2, 0.25) is 5.02 Å². The molecule has 14 heavy (non-hydrogen) atoms. The summed E-state index contributed by atoms with van der Waals surface area (Å²) in [5.74, 6) is 0.762. The van der Waals surface area contributed by atoms with E-state index in [4.69, 9.17) is 21.8 Å². The number of hydrogen-bond acceptors (Lipinski definition) is 2. The van der Waals surface area contributed by atoms with Crippen molar-refractivity contribution in [3.8, 4) is 11.3 Å². The van der Waals surface area contributed by atoms with Gasteiger partial charge in [0.1, 0.15) is 5.76 Å². The Morgan fingerprint density at radius 3 is 2.71 bits per heavy atom. The summed E-state index contributed by atoms with van der Waals surface area (Å²) in [7, 11) is 0. The van der Waals surface area contributed by atoms with Gasteiger partial charge in [0, 0.05) is 17.7 Å². The number of benzene rings is 1. The molecule has 0 aliphatic rings. The Balaban J connectivity index is 2.54. The van der Waals surface area contributed by atoms with E-state index in [-0.39, 0.29) is 0 Å². The topological polar surface area (TPSA) is 39.2 Å². The van der Waals surface area contributed by atoms with Gasteiger partial charge in [-0.3, -0.25) is 0 Å². The van der Waals surface area contributed by atoms with Crippen LogP contribution in [0.3, 0.4) is 0 Å². The second-order valence-corrected chi connectivity index (χ2v) is 3.37. The molecule has 0 atom stereocenters.